The van der Waals surface area contributed by atoms with E-state index in [1.165, 1.54) is 0 Å². The van der Waals surface area contributed by atoms with Crippen LogP contribution in [0.5, 0.6) is 0 Å². The Morgan fingerprint density at radius 1 is 1.05 bits per heavy atom. The zero-order chi connectivity index (χ0) is 29.6. The fourth-order valence-electron chi connectivity index (χ4n) is 4.53. The Labute approximate surface area is 228 Å². The zero-order valence-corrected chi connectivity index (χ0v) is 21.3. The minimum atomic E-state index is -2.72. The first-order valence-corrected chi connectivity index (χ1v) is 12.5. The summed E-state index contributed by atoms with van der Waals surface area (Å²) >= 11 is 0. The quantitative estimate of drug-likeness (QED) is 0.111. The van der Waals surface area contributed by atoms with E-state index in [1.54, 1.807) is 12.1 Å². The number of carboxylic acids is 1. The first-order valence-electron chi connectivity index (χ1n) is 12.5. The number of hydrogen-bond acceptors (Lipinski definition) is 14. The minimum absolute atomic E-state index is 0.214. The molecule has 2 fully saturated rings. The van der Waals surface area contributed by atoms with E-state index in [0.717, 1.165) is 5.56 Å². The van der Waals surface area contributed by atoms with Crippen molar-refractivity contribution in [2.75, 3.05) is 19.8 Å². The van der Waals surface area contributed by atoms with Gasteiger partial charge in [0.2, 0.25) is 5.91 Å². The van der Waals surface area contributed by atoms with Gasteiger partial charge in [-0.2, -0.15) is 0 Å². The number of aliphatic hydroxyl groups is 8. The number of benzene rings is 1. The summed E-state index contributed by atoms with van der Waals surface area (Å²) in [4.78, 5) is 24.2. The van der Waals surface area contributed by atoms with Crippen LogP contribution in [0.25, 0.3) is 0 Å². The average Bonchev–Trinajstić information content (AvgIpc) is 2.94. The molecule has 2 aliphatic heterocycles. The molecule has 16 heteroatoms. The van der Waals surface area contributed by atoms with E-state index in [1.807, 2.05) is 18.2 Å². The predicted octanol–water partition coefficient (Wildman–Crippen LogP) is -5.28. The van der Waals surface area contributed by atoms with Crippen LogP contribution in [0.4, 0.5) is 0 Å². The summed E-state index contributed by atoms with van der Waals surface area (Å²) in [6.07, 6.45) is -16.9. The highest BCUT2D eigenvalue weighted by molar-refractivity contribution is 5.78. The second-order valence-electron chi connectivity index (χ2n) is 9.69. The maximum absolute atomic E-state index is 12.3. The van der Waals surface area contributed by atoms with Crippen molar-refractivity contribution in [2.24, 2.45) is 0 Å². The van der Waals surface area contributed by atoms with E-state index in [0.29, 0.717) is 6.54 Å². The standard InChI is InChI=1S/C24H36N2O14/c27-9-15(30)26-16-12(28)6-24(23(36)37,38-10-14-18(32)19(33)20(34)22(35)39-14)40-21(16)17(31)13(29)8-25-7-11-4-2-1-3-5-11/h1-5,12-14,16-22,25,27-29,31-35H,6-10H2,(H,26,30)(H,36,37)/t12-,13+,14+,16+,17+,18-,19-,20+,21+,22+,24+/m0/s1. The summed E-state index contributed by atoms with van der Waals surface area (Å²) in [6, 6.07) is 7.58. The molecule has 2 aliphatic rings. The summed E-state index contributed by atoms with van der Waals surface area (Å²) < 4.78 is 15.9. The van der Waals surface area contributed by atoms with Crippen molar-refractivity contribution in [2.45, 2.75) is 79.9 Å². The van der Waals surface area contributed by atoms with Gasteiger partial charge in [0.1, 0.15) is 43.2 Å². The molecule has 0 bridgehead atoms. The topological polar surface area (TPSA) is 268 Å². The molecule has 226 valence electrons. The van der Waals surface area contributed by atoms with Crippen molar-refractivity contribution in [1.82, 2.24) is 10.6 Å². The Balaban J connectivity index is 1.77. The van der Waals surface area contributed by atoms with Crippen molar-refractivity contribution in [3.63, 3.8) is 0 Å². The number of aliphatic carboxylic acids is 1. The maximum Gasteiger partial charge on any atom is 0.364 e. The number of aliphatic hydroxyl groups excluding tert-OH is 8. The Morgan fingerprint density at radius 2 is 1.73 bits per heavy atom. The van der Waals surface area contributed by atoms with Crippen molar-refractivity contribution in [3.05, 3.63) is 35.9 Å². The van der Waals surface area contributed by atoms with Crippen molar-refractivity contribution in [1.29, 1.82) is 0 Å². The van der Waals surface area contributed by atoms with Gasteiger partial charge in [-0.1, -0.05) is 30.3 Å². The summed E-state index contributed by atoms with van der Waals surface area (Å²) in [5.74, 6) is -5.50. The first-order chi connectivity index (χ1) is 18.9. The summed E-state index contributed by atoms with van der Waals surface area (Å²) in [5, 5.41) is 96.1. The number of carboxylic acid groups (broad SMARTS) is 1. The summed E-state index contributed by atoms with van der Waals surface area (Å²) in [7, 11) is 0. The summed E-state index contributed by atoms with van der Waals surface area (Å²) in [5.41, 5.74) is 0.870. The smallest absolute Gasteiger partial charge is 0.364 e. The van der Waals surface area contributed by atoms with Crippen molar-refractivity contribution in [3.8, 4) is 0 Å². The van der Waals surface area contributed by atoms with Crippen LogP contribution in [-0.4, -0.2) is 145 Å². The van der Waals surface area contributed by atoms with Gasteiger partial charge >= 0.3 is 5.97 Å². The molecular weight excluding hydrogens is 540 g/mol. The molecule has 2 saturated heterocycles. The lowest BCUT2D eigenvalue weighted by Crippen LogP contribution is -2.69. The molecule has 0 spiro atoms. The molecular formula is C24H36N2O14. The highest BCUT2D eigenvalue weighted by Gasteiger charge is 2.56. The SMILES string of the molecule is O=C(CO)N[C@H]1[C@H]([C@H](O)[C@H](O)CNCc2ccccc2)O[C@@](OC[C@H]2O[C@@H](O)[C@H](O)[C@@H](O)[C@H]2O)(C(=O)O)C[C@@H]1O. The number of carbonyl (C=O) groups excluding carboxylic acids is 1. The zero-order valence-electron chi connectivity index (χ0n) is 21.3. The molecule has 16 nitrogen and oxygen atoms in total. The van der Waals surface area contributed by atoms with Gasteiger partial charge in [-0.05, 0) is 5.56 Å². The van der Waals surface area contributed by atoms with Gasteiger partial charge in [-0.25, -0.2) is 4.79 Å². The maximum atomic E-state index is 12.3. The first kappa shape index (κ1) is 32.2. The molecule has 11 N–H and O–H groups in total. The van der Waals surface area contributed by atoms with E-state index < -0.39 is 98.5 Å². The monoisotopic (exact) mass is 576 g/mol. The molecule has 40 heavy (non-hydrogen) atoms. The molecule has 0 saturated carbocycles. The molecule has 1 aromatic rings. The van der Waals surface area contributed by atoms with Crippen LogP contribution in [0.2, 0.25) is 0 Å². The van der Waals surface area contributed by atoms with Gasteiger partial charge in [-0.3, -0.25) is 4.79 Å². The second-order valence-corrected chi connectivity index (χ2v) is 9.69. The third-order valence-electron chi connectivity index (χ3n) is 6.79. The van der Waals surface area contributed by atoms with E-state index >= 15 is 0 Å². The van der Waals surface area contributed by atoms with Crippen LogP contribution in [0, 0.1) is 0 Å². The Hall–Kier alpha value is -2.32. The number of ether oxygens (including phenoxy) is 3. The molecule has 0 radical (unpaired) electrons. The fraction of sp³-hybridized carbons (Fsp3) is 0.667. The van der Waals surface area contributed by atoms with Gasteiger partial charge in [0, 0.05) is 19.5 Å². The second kappa shape index (κ2) is 14.0. The lowest BCUT2D eigenvalue weighted by atomic mass is 9.88. The van der Waals surface area contributed by atoms with Gasteiger partial charge in [0.25, 0.3) is 5.79 Å². The highest BCUT2D eigenvalue weighted by atomic mass is 16.7. The van der Waals surface area contributed by atoms with Crippen molar-refractivity contribution < 1.29 is 69.8 Å². The average molecular weight is 577 g/mol. The predicted molar refractivity (Wildman–Crippen MR) is 130 cm³/mol. The largest absolute Gasteiger partial charge is 0.477 e. The van der Waals surface area contributed by atoms with Crippen LogP contribution >= 0.6 is 0 Å². The fourth-order valence-corrected chi connectivity index (χ4v) is 4.53. The lowest BCUT2D eigenvalue weighted by Gasteiger charge is -2.47. The molecule has 2 heterocycles. The van der Waals surface area contributed by atoms with Crippen LogP contribution in [0.15, 0.2) is 30.3 Å². The van der Waals surface area contributed by atoms with Gasteiger partial charge < -0.3 is 70.8 Å². The van der Waals surface area contributed by atoms with Gasteiger partial charge in [-0.15, -0.1) is 0 Å². The Morgan fingerprint density at radius 3 is 2.35 bits per heavy atom. The molecule has 0 aliphatic carbocycles. The summed E-state index contributed by atoms with van der Waals surface area (Å²) in [6.45, 7) is -1.74. The molecule has 0 unspecified atom stereocenters. The van der Waals surface area contributed by atoms with Crippen LogP contribution in [0.1, 0.15) is 12.0 Å². The van der Waals surface area contributed by atoms with Gasteiger partial charge in [0.15, 0.2) is 6.29 Å². The van der Waals surface area contributed by atoms with E-state index in [2.05, 4.69) is 10.6 Å². The van der Waals surface area contributed by atoms with Crippen molar-refractivity contribution >= 4 is 11.9 Å². The van der Waals surface area contributed by atoms with E-state index in [4.69, 9.17) is 19.3 Å². The molecule has 3 rings (SSSR count). The van der Waals surface area contributed by atoms with Crippen LogP contribution < -0.4 is 10.6 Å². The number of carbonyl (C=O) groups is 2. The number of hydrogen-bond donors (Lipinski definition) is 11. The highest BCUT2D eigenvalue weighted by Crippen LogP contribution is 2.34. The number of rotatable bonds is 12. The van der Waals surface area contributed by atoms with Crippen LogP contribution in [-0.2, 0) is 30.3 Å². The Bertz CT molecular complexity index is 972. The van der Waals surface area contributed by atoms with Crippen LogP contribution in [0.3, 0.4) is 0 Å². The third kappa shape index (κ3) is 7.49. The minimum Gasteiger partial charge on any atom is -0.477 e. The van der Waals surface area contributed by atoms with Gasteiger partial charge in [0.05, 0.1) is 24.9 Å². The lowest BCUT2D eigenvalue weighted by molar-refractivity contribution is -0.334. The number of nitrogens with one attached hydrogen (secondary N) is 2. The number of amides is 1. The normalized spacial score (nSPS) is 36.0. The molecule has 0 aromatic heterocycles. The van der Waals surface area contributed by atoms with E-state index in [9.17, 15) is 50.4 Å². The molecule has 1 aromatic carbocycles. The Kier molecular flexibility index (Phi) is 11.3. The van der Waals surface area contributed by atoms with E-state index in [-0.39, 0.29) is 6.54 Å². The third-order valence-corrected chi connectivity index (χ3v) is 6.79. The molecule has 1 amide bonds. The molecule has 11 atom stereocenters.